The highest BCUT2D eigenvalue weighted by Crippen LogP contribution is 2.40. The highest BCUT2D eigenvalue weighted by Gasteiger charge is 2.35. The van der Waals surface area contributed by atoms with Gasteiger partial charge in [-0.05, 0) is 55.2 Å². The second-order valence-corrected chi connectivity index (χ2v) is 10.4. The average molecular weight is 557 g/mol. The lowest BCUT2D eigenvalue weighted by Gasteiger charge is -2.28. The summed E-state index contributed by atoms with van der Waals surface area (Å²) in [5.41, 5.74) is 2.91. The predicted molar refractivity (Wildman–Crippen MR) is 150 cm³/mol. The number of methoxy groups -OCH3 is 1. The molecule has 0 saturated heterocycles. The van der Waals surface area contributed by atoms with Crippen molar-refractivity contribution >= 4 is 35.3 Å². The van der Waals surface area contributed by atoms with E-state index < -0.39 is 6.04 Å². The minimum Gasteiger partial charge on any atom is -0.493 e. The van der Waals surface area contributed by atoms with Gasteiger partial charge in [-0.25, -0.2) is 9.48 Å². The molecule has 10 heteroatoms. The number of fused-ring (bicyclic) bond motifs is 1. The Morgan fingerprint density at radius 1 is 1.16 bits per heavy atom. The number of nitrogens with zero attached hydrogens (tertiary/aromatic N) is 3. The number of thioether (sulfide) groups is 1. The molecule has 1 aliphatic rings. The van der Waals surface area contributed by atoms with E-state index in [0.29, 0.717) is 52.1 Å². The maximum Gasteiger partial charge on any atom is 0.338 e. The largest absolute Gasteiger partial charge is 0.493 e. The Hall–Kier alpha value is -3.17. The third kappa shape index (κ3) is 6.45. The van der Waals surface area contributed by atoms with Crippen LogP contribution in [0.15, 0.2) is 58.9 Å². The smallest absolute Gasteiger partial charge is 0.338 e. The Labute approximate surface area is 232 Å². The number of hydrogen-bond acceptors (Lipinski definition) is 8. The molecule has 4 rings (SSSR count). The third-order valence-electron chi connectivity index (χ3n) is 6.01. The first kappa shape index (κ1) is 27.9. The molecule has 3 aromatic rings. The van der Waals surface area contributed by atoms with Crippen LogP contribution in [0, 0.1) is 0 Å². The summed E-state index contributed by atoms with van der Waals surface area (Å²) in [6.07, 6.45) is 2.90. The summed E-state index contributed by atoms with van der Waals surface area (Å²) in [6.45, 7) is 6.65. The zero-order chi connectivity index (χ0) is 27.1. The quantitative estimate of drug-likeness (QED) is 0.151. The number of hydrogen-bond donors (Lipinski definition) is 1. The number of nitrogens with one attached hydrogen (secondary N) is 1. The maximum atomic E-state index is 13.2. The van der Waals surface area contributed by atoms with Crippen molar-refractivity contribution in [2.24, 2.45) is 0 Å². The van der Waals surface area contributed by atoms with Crippen molar-refractivity contribution in [2.45, 2.75) is 57.8 Å². The molecule has 0 fully saturated rings. The van der Waals surface area contributed by atoms with Crippen molar-refractivity contribution in [3.8, 4) is 11.5 Å². The summed E-state index contributed by atoms with van der Waals surface area (Å²) in [7, 11) is 1.59. The predicted octanol–water partition coefficient (Wildman–Crippen LogP) is 6.65. The van der Waals surface area contributed by atoms with Crippen LogP contribution in [0.4, 0.5) is 5.95 Å². The number of rotatable bonds is 12. The van der Waals surface area contributed by atoms with Crippen LogP contribution < -0.4 is 14.8 Å². The molecule has 2 heterocycles. The van der Waals surface area contributed by atoms with Crippen molar-refractivity contribution in [1.82, 2.24) is 14.8 Å². The fourth-order valence-electron chi connectivity index (χ4n) is 4.11. The monoisotopic (exact) mass is 556 g/mol. The van der Waals surface area contributed by atoms with Gasteiger partial charge in [0.15, 0.2) is 11.5 Å². The summed E-state index contributed by atoms with van der Waals surface area (Å²) < 4.78 is 19.1. The lowest BCUT2D eigenvalue weighted by Crippen LogP contribution is -2.29. The van der Waals surface area contributed by atoms with Gasteiger partial charge < -0.3 is 19.5 Å². The van der Waals surface area contributed by atoms with Gasteiger partial charge in [0, 0.05) is 16.5 Å². The van der Waals surface area contributed by atoms with E-state index in [2.05, 4.69) is 17.2 Å². The molecule has 38 heavy (non-hydrogen) atoms. The van der Waals surface area contributed by atoms with Crippen LogP contribution in [-0.4, -0.2) is 40.2 Å². The normalized spacial score (nSPS) is 14.6. The standard InChI is InChI=1S/C28H33ClN4O4S/c1-5-7-14-38-28-31-27-30-18(3)24(26(34)36-13-6-2)25(33(27)32-28)20-11-12-22(23(16-20)35-4)37-17-19-9-8-10-21(29)15-19/h8-12,15-16,25H,5-7,13-14,17H2,1-4H3,(H,30,31,32). The average Bonchev–Trinajstić information content (AvgIpc) is 3.32. The lowest BCUT2D eigenvalue weighted by molar-refractivity contribution is -0.139. The number of halogens is 1. The summed E-state index contributed by atoms with van der Waals surface area (Å²) in [6, 6.07) is 12.6. The van der Waals surface area contributed by atoms with E-state index in [1.54, 1.807) is 23.6 Å². The summed E-state index contributed by atoms with van der Waals surface area (Å²) in [4.78, 5) is 17.9. The topological polar surface area (TPSA) is 87.5 Å². The van der Waals surface area contributed by atoms with Gasteiger partial charge in [0.25, 0.3) is 0 Å². The molecular formula is C28H33ClN4O4S. The molecule has 1 atom stereocenters. The fourth-order valence-corrected chi connectivity index (χ4v) is 5.23. The van der Waals surface area contributed by atoms with Gasteiger partial charge in [-0.2, -0.15) is 4.98 Å². The number of carbonyl (C=O) groups is 1. The van der Waals surface area contributed by atoms with E-state index in [-0.39, 0.29) is 5.97 Å². The van der Waals surface area contributed by atoms with Crippen LogP contribution in [0.1, 0.15) is 57.2 Å². The molecule has 1 aliphatic heterocycles. The molecule has 202 valence electrons. The second-order valence-electron chi connectivity index (χ2n) is 8.90. The van der Waals surface area contributed by atoms with Gasteiger partial charge in [0.05, 0.1) is 19.3 Å². The molecule has 0 aliphatic carbocycles. The van der Waals surface area contributed by atoms with Gasteiger partial charge in [-0.1, -0.05) is 61.8 Å². The molecular weight excluding hydrogens is 524 g/mol. The van der Waals surface area contributed by atoms with Crippen LogP contribution in [0.5, 0.6) is 11.5 Å². The number of carbonyl (C=O) groups excluding carboxylic acids is 1. The van der Waals surface area contributed by atoms with Crippen molar-refractivity contribution in [3.63, 3.8) is 0 Å². The minimum atomic E-state index is -0.542. The van der Waals surface area contributed by atoms with Gasteiger partial charge in [-0.15, -0.1) is 5.10 Å². The van der Waals surface area contributed by atoms with E-state index in [1.165, 1.54) is 0 Å². The maximum absolute atomic E-state index is 13.2. The van der Waals surface area contributed by atoms with Crippen LogP contribution in [-0.2, 0) is 16.1 Å². The lowest BCUT2D eigenvalue weighted by atomic mass is 9.95. The van der Waals surface area contributed by atoms with E-state index in [9.17, 15) is 4.79 Å². The Kier molecular flexibility index (Phi) is 9.58. The summed E-state index contributed by atoms with van der Waals surface area (Å²) >= 11 is 7.71. The van der Waals surface area contributed by atoms with Gasteiger partial charge in [-0.3, -0.25) is 0 Å². The third-order valence-corrected chi connectivity index (χ3v) is 7.17. The Bertz CT molecular complexity index is 1310. The molecule has 1 N–H and O–H groups in total. The number of ether oxygens (including phenoxy) is 3. The fraction of sp³-hybridized carbons (Fsp3) is 0.393. The molecule has 0 saturated carbocycles. The van der Waals surface area contributed by atoms with E-state index in [1.807, 2.05) is 56.3 Å². The SMILES string of the molecule is CCCCSc1nc2n(n1)C(c1ccc(OCc3cccc(Cl)c3)c(OC)c1)C(C(=O)OCCC)=C(C)N2. The molecule has 8 nitrogen and oxygen atoms in total. The highest BCUT2D eigenvalue weighted by molar-refractivity contribution is 7.99. The summed E-state index contributed by atoms with van der Waals surface area (Å²) in [5, 5.41) is 9.33. The molecule has 0 bridgehead atoms. The highest BCUT2D eigenvalue weighted by atomic mass is 35.5. The molecule has 0 spiro atoms. The van der Waals surface area contributed by atoms with Crippen LogP contribution in [0.3, 0.4) is 0 Å². The van der Waals surface area contributed by atoms with E-state index in [0.717, 1.165) is 36.1 Å². The van der Waals surface area contributed by atoms with Crippen molar-refractivity contribution in [2.75, 3.05) is 24.8 Å². The zero-order valence-corrected chi connectivity index (χ0v) is 23.7. The first-order valence-corrected chi connectivity index (χ1v) is 14.1. The number of unbranched alkanes of at least 4 members (excludes halogenated alkanes) is 1. The van der Waals surface area contributed by atoms with E-state index in [4.69, 9.17) is 30.9 Å². The van der Waals surface area contributed by atoms with E-state index >= 15 is 0 Å². The number of esters is 1. The number of anilines is 1. The van der Waals surface area contributed by atoms with Crippen molar-refractivity contribution in [1.29, 1.82) is 0 Å². The Morgan fingerprint density at radius 3 is 2.74 bits per heavy atom. The van der Waals surface area contributed by atoms with Crippen LogP contribution >= 0.6 is 23.4 Å². The first-order valence-electron chi connectivity index (χ1n) is 12.7. The number of benzene rings is 2. The Balaban J connectivity index is 1.68. The zero-order valence-electron chi connectivity index (χ0n) is 22.1. The van der Waals surface area contributed by atoms with Crippen molar-refractivity contribution < 1.29 is 19.0 Å². The minimum absolute atomic E-state index is 0.336. The van der Waals surface area contributed by atoms with Gasteiger partial charge >= 0.3 is 5.97 Å². The molecule has 1 unspecified atom stereocenters. The molecule has 0 radical (unpaired) electrons. The van der Waals surface area contributed by atoms with Crippen LogP contribution in [0.2, 0.25) is 5.02 Å². The first-order chi connectivity index (χ1) is 18.4. The molecule has 0 amide bonds. The number of aromatic nitrogens is 3. The van der Waals surface area contributed by atoms with Crippen molar-refractivity contribution in [3.05, 3.63) is 69.9 Å². The van der Waals surface area contributed by atoms with Crippen LogP contribution in [0.25, 0.3) is 0 Å². The van der Waals surface area contributed by atoms with Gasteiger partial charge in [0.2, 0.25) is 11.1 Å². The second kappa shape index (κ2) is 13.1. The molecule has 2 aromatic carbocycles. The Morgan fingerprint density at radius 2 is 2.00 bits per heavy atom. The molecule has 1 aromatic heterocycles. The summed E-state index contributed by atoms with van der Waals surface area (Å²) in [5.74, 6) is 2.24. The van der Waals surface area contributed by atoms with Gasteiger partial charge in [0.1, 0.15) is 12.6 Å². The number of allylic oxidation sites excluding steroid dienone is 1.